The largest absolute Gasteiger partial charge is 0.354 e. The highest BCUT2D eigenvalue weighted by Gasteiger charge is 2.26. The normalized spacial score (nSPS) is 17.0. The smallest absolute Gasteiger partial charge is 0.254 e. The minimum atomic E-state index is -0.205. The summed E-state index contributed by atoms with van der Waals surface area (Å²) in [6, 6.07) is 1.42. The third kappa shape index (κ3) is 3.06. The van der Waals surface area contributed by atoms with Gasteiger partial charge in [0.15, 0.2) is 5.16 Å². The van der Waals surface area contributed by atoms with E-state index in [0.717, 1.165) is 5.82 Å². The van der Waals surface area contributed by atoms with E-state index < -0.39 is 0 Å². The third-order valence-corrected chi connectivity index (χ3v) is 4.81. The number of aromatic nitrogens is 4. The Morgan fingerprint density at radius 1 is 1.45 bits per heavy atom. The number of imidazole rings is 1. The predicted octanol–water partition coefficient (Wildman–Crippen LogP) is 0.287. The molecule has 8 heteroatoms. The molecule has 1 N–H and O–H groups in total. The van der Waals surface area contributed by atoms with E-state index in [1.165, 1.54) is 24.0 Å². The number of fused-ring (bicyclic) bond motifs is 1. The van der Waals surface area contributed by atoms with Crippen LogP contribution in [0, 0.1) is 12.8 Å². The molecule has 1 amide bonds. The Morgan fingerprint density at radius 3 is 3.09 bits per heavy atom. The quantitative estimate of drug-likeness (QED) is 0.819. The van der Waals surface area contributed by atoms with E-state index >= 15 is 0 Å². The Kier molecular flexibility index (Phi) is 4.28. The maximum Gasteiger partial charge on any atom is 0.254 e. The van der Waals surface area contributed by atoms with E-state index in [4.69, 9.17) is 0 Å². The van der Waals surface area contributed by atoms with Gasteiger partial charge in [0.2, 0.25) is 5.91 Å². The van der Waals surface area contributed by atoms with Gasteiger partial charge >= 0.3 is 0 Å². The van der Waals surface area contributed by atoms with Gasteiger partial charge in [-0.1, -0.05) is 11.8 Å². The molecule has 1 aliphatic heterocycles. The number of nitrogens with zero attached hydrogens (tertiary/aromatic N) is 4. The van der Waals surface area contributed by atoms with Crippen LogP contribution in [0.1, 0.15) is 5.82 Å². The van der Waals surface area contributed by atoms with Crippen LogP contribution in [0.4, 0.5) is 0 Å². The summed E-state index contributed by atoms with van der Waals surface area (Å²) in [5.41, 5.74) is -0.107. The molecule has 0 bridgehead atoms. The Morgan fingerprint density at radius 2 is 2.32 bits per heavy atom. The molecule has 116 valence electrons. The highest BCUT2D eigenvalue weighted by Crippen LogP contribution is 2.24. The Bertz CT molecular complexity index is 739. The number of thioether (sulfide) groups is 1. The number of carbonyl (C=O) groups is 1. The van der Waals surface area contributed by atoms with Crippen LogP contribution in [0.2, 0.25) is 0 Å². The van der Waals surface area contributed by atoms with Crippen LogP contribution in [0.15, 0.2) is 34.6 Å². The lowest BCUT2D eigenvalue weighted by molar-refractivity contribution is -0.124. The Balaban J connectivity index is 1.57. The zero-order chi connectivity index (χ0) is 15.5. The van der Waals surface area contributed by atoms with Gasteiger partial charge in [-0.05, 0) is 6.92 Å². The van der Waals surface area contributed by atoms with Crippen molar-refractivity contribution in [1.29, 1.82) is 0 Å². The Labute approximate surface area is 131 Å². The fourth-order valence-corrected chi connectivity index (χ4v) is 3.46. The molecule has 1 aliphatic rings. The molecule has 3 rings (SSSR count). The van der Waals surface area contributed by atoms with Gasteiger partial charge in [-0.25, -0.2) is 9.97 Å². The first-order valence-electron chi connectivity index (χ1n) is 7.09. The first-order chi connectivity index (χ1) is 10.6. The summed E-state index contributed by atoms with van der Waals surface area (Å²) in [6.45, 7) is 3.56. The maximum atomic E-state index is 12.2. The van der Waals surface area contributed by atoms with E-state index in [0.29, 0.717) is 30.5 Å². The predicted molar refractivity (Wildman–Crippen MR) is 82.7 cm³/mol. The molecule has 0 saturated heterocycles. The molecule has 0 aromatic carbocycles. The monoisotopic (exact) mass is 319 g/mol. The van der Waals surface area contributed by atoms with Crippen LogP contribution < -0.4 is 10.9 Å². The molecular formula is C14H17N5O2S. The molecular weight excluding hydrogens is 302 g/mol. The van der Waals surface area contributed by atoms with E-state index in [1.807, 2.05) is 17.7 Å². The number of amides is 1. The Hall–Kier alpha value is -2.09. The molecule has 2 aromatic rings. The summed E-state index contributed by atoms with van der Waals surface area (Å²) in [7, 11) is 0. The SMILES string of the molecule is Cc1nccn1CCNC(=O)C1CSc2nccc(=O)n2C1. The van der Waals surface area contributed by atoms with Crippen molar-refractivity contribution in [1.82, 2.24) is 24.4 Å². The van der Waals surface area contributed by atoms with Crippen molar-refractivity contribution in [3.8, 4) is 0 Å². The minimum absolute atomic E-state index is 0.0216. The molecule has 0 aliphatic carbocycles. The van der Waals surface area contributed by atoms with Crippen molar-refractivity contribution < 1.29 is 4.79 Å². The van der Waals surface area contributed by atoms with Gasteiger partial charge in [-0.3, -0.25) is 14.2 Å². The van der Waals surface area contributed by atoms with Gasteiger partial charge < -0.3 is 9.88 Å². The van der Waals surface area contributed by atoms with Crippen LogP contribution in [0.25, 0.3) is 0 Å². The zero-order valence-electron chi connectivity index (χ0n) is 12.2. The fraction of sp³-hybridized carbons (Fsp3) is 0.429. The highest BCUT2D eigenvalue weighted by molar-refractivity contribution is 7.99. The van der Waals surface area contributed by atoms with Crippen molar-refractivity contribution in [2.24, 2.45) is 5.92 Å². The van der Waals surface area contributed by atoms with Crippen LogP contribution in [-0.2, 0) is 17.9 Å². The van der Waals surface area contributed by atoms with Crippen molar-refractivity contribution in [2.45, 2.75) is 25.2 Å². The molecule has 0 saturated carbocycles. The highest BCUT2D eigenvalue weighted by atomic mass is 32.2. The second-order valence-electron chi connectivity index (χ2n) is 5.14. The van der Waals surface area contributed by atoms with Crippen LogP contribution >= 0.6 is 11.8 Å². The van der Waals surface area contributed by atoms with Crippen LogP contribution in [-0.4, -0.2) is 37.3 Å². The summed E-state index contributed by atoms with van der Waals surface area (Å²) in [5.74, 6) is 1.34. The maximum absolute atomic E-state index is 12.2. The molecule has 3 heterocycles. The number of rotatable bonds is 4. The molecule has 0 fully saturated rings. The lowest BCUT2D eigenvalue weighted by Gasteiger charge is -2.23. The van der Waals surface area contributed by atoms with Crippen LogP contribution in [0.5, 0.6) is 0 Å². The average Bonchev–Trinajstić information content (AvgIpc) is 2.93. The zero-order valence-corrected chi connectivity index (χ0v) is 13.0. The van der Waals surface area contributed by atoms with Gasteiger partial charge in [0.1, 0.15) is 5.82 Å². The summed E-state index contributed by atoms with van der Waals surface area (Å²) in [4.78, 5) is 32.4. The number of nitrogens with one attached hydrogen (secondary N) is 1. The number of aryl methyl sites for hydroxylation is 1. The van der Waals surface area contributed by atoms with Gasteiger partial charge in [-0.15, -0.1) is 0 Å². The van der Waals surface area contributed by atoms with Crippen molar-refractivity contribution in [3.63, 3.8) is 0 Å². The molecule has 22 heavy (non-hydrogen) atoms. The molecule has 0 spiro atoms. The second kappa shape index (κ2) is 6.35. The van der Waals surface area contributed by atoms with E-state index in [1.54, 1.807) is 10.8 Å². The standard InChI is InChI=1S/C14H17N5O2S/c1-10-15-4-6-18(10)7-5-16-13(21)11-8-19-12(20)2-3-17-14(19)22-9-11/h2-4,6,11H,5,7-9H2,1H3,(H,16,21). The second-order valence-corrected chi connectivity index (χ2v) is 6.13. The topological polar surface area (TPSA) is 81.8 Å². The lowest BCUT2D eigenvalue weighted by atomic mass is 10.1. The van der Waals surface area contributed by atoms with E-state index in [-0.39, 0.29) is 17.4 Å². The van der Waals surface area contributed by atoms with E-state index in [9.17, 15) is 9.59 Å². The summed E-state index contributed by atoms with van der Waals surface area (Å²) in [6.07, 6.45) is 5.14. The molecule has 1 atom stereocenters. The van der Waals surface area contributed by atoms with Gasteiger partial charge in [0.05, 0.1) is 5.92 Å². The number of carbonyl (C=O) groups excluding carboxylic acids is 1. The van der Waals surface area contributed by atoms with E-state index in [2.05, 4.69) is 15.3 Å². The van der Waals surface area contributed by atoms with Gasteiger partial charge in [-0.2, -0.15) is 0 Å². The summed E-state index contributed by atoms with van der Waals surface area (Å²) >= 11 is 1.45. The fourth-order valence-electron chi connectivity index (χ4n) is 2.39. The first kappa shape index (κ1) is 14.8. The van der Waals surface area contributed by atoms with Crippen molar-refractivity contribution in [3.05, 3.63) is 40.8 Å². The molecule has 0 radical (unpaired) electrons. The summed E-state index contributed by atoms with van der Waals surface area (Å²) < 4.78 is 3.55. The first-order valence-corrected chi connectivity index (χ1v) is 8.08. The van der Waals surface area contributed by atoms with Crippen LogP contribution in [0.3, 0.4) is 0 Å². The lowest BCUT2D eigenvalue weighted by Crippen LogP contribution is -2.40. The van der Waals surface area contributed by atoms with Crippen molar-refractivity contribution >= 4 is 17.7 Å². The summed E-state index contributed by atoms with van der Waals surface area (Å²) in [5, 5.41) is 3.62. The van der Waals surface area contributed by atoms with Gasteiger partial charge in [0.25, 0.3) is 5.56 Å². The number of hydrogen-bond acceptors (Lipinski definition) is 5. The van der Waals surface area contributed by atoms with Crippen molar-refractivity contribution in [2.75, 3.05) is 12.3 Å². The molecule has 7 nitrogen and oxygen atoms in total. The molecule has 1 unspecified atom stereocenters. The molecule has 2 aromatic heterocycles. The third-order valence-electron chi connectivity index (χ3n) is 3.66. The van der Waals surface area contributed by atoms with Gasteiger partial charge in [0, 0.05) is 50.0 Å². The minimum Gasteiger partial charge on any atom is -0.354 e. The number of hydrogen-bond donors (Lipinski definition) is 1. The average molecular weight is 319 g/mol.